The number of carbonyl (C=O) groups is 2. The van der Waals surface area contributed by atoms with Crippen LogP contribution in [-0.4, -0.2) is 29.0 Å². The molecule has 1 saturated heterocycles. The summed E-state index contributed by atoms with van der Waals surface area (Å²) in [6, 6.07) is 33.1. The van der Waals surface area contributed by atoms with Crippen molar-refractivity contribution in [1.29, 1.82) is 0 Å². The van der Waals surface area contributed by atoms with E-state index in [0.717, 1.165) is 34.7 Å². The van der Waals surface area contributed by atoms with Crippen LogP contribution in [0.4, 0.5) is 17.1 Å². The highest BCUT2D eigenvalue weighted by Crippen LogP contribution is 2.39. The highest BCUT2D eigenvalue weighted by Gasteiger charge is 2.39. The van der Waals surface area contributed by atoms with E-state index in [9.17, 15) is 9.59 Å². The topological polar surface area (TPSA) is 83.0 Å². The molecule has 49 heavy (non-hydrogen) atoms. The Morgan fingerprint density at radius 3 is 2.20 bits per heavy atom. The van der Waals surface area contributed by atoms with Crippen LogP contribution in [0.2, 0.25) is 0 Å². The summed E-state index contributed by atoms with van der Waals surface area (Å²) in [4.78, 5) is 33.2. The van der Waals surface area contributed by atoms with E-state index in [1.54, 1.807) is 0 Å². The maximum absolute atomic E-state index is 13.7. The first-order valence-corrected chi connectivity index (χ1v) is 18.0. The number of hydrogen-bond acceptors (Lipinski definition) is 5. The van der Waals surface area contributed by atoms with E-state index >= 15 is 0 Å². The minimum Gasteiger partial charge on any atom is -0.480 e. The molecule has 1 fully saturated rings. The molecule has 0 radical (unpaired) electrons. The molecule has 4 aromatic rings. The molecule has 5 rings (SSSR count). The van der Waals surface area contributed by atoms with Gasteiger partial charge in [0.15, 0.2) is 6.10 Å². The Bertz CT molecular complexity index is 1790. The molecule has 0 saturated carbocycles. The molecule has 7 nitrogen and oxygen atoms in total. The monoisotopic (exact) mass is 676 g/mol. The van der Waals surface area contributed by atoms with Crippen LogP contribution in [0.15, 0.2) is 113 Å². The molecule has 0 aliphatic carbocycles. The molecule has 1 aliphatic rings. The third-order valence-corrected chi connectivity index (χ3v) is 10.7. The second kappa shape index (κ2) is 15.3. The van der Waals surface area contributed by atoms with Gasteiger partial charge in [0.2, 0.25) is 0 Å². The number of rotatable bonds is 13. The van der Waals surface area contributed by atoms with Gasteiger partial charge in [-0.25, -0.2) is 10.0 Å². The van der Waals surface area contributed by atoms with Crippen molar-refractivity contribution in [2.24, 2.45) is 4.99 Å². The second-order valence-corrected chi connectivity index (χ2v) is 14.8. The van der Waals surface area contributed by atoms with Crippen LogP contribution in [0, 0.1) is 0 Å². The Morgan fingerprint density at radius 2 is 1.55 bits per heavy atom. The molecule has 1 aliphatic heterocycles. The lowest BCUT2D eigenvalue weighted by Crippen LogP contribution is -2.35. The summed E-state index contributed by atoms with van der Waals surface area (Å²) in [6.07, 6.45) is 1.77. The number of amides is 2. The predicted molar refractivity (Wildman–Crippen MR) is 203 cm³/mol. The fourth-order valence-electron chi connectivity index (χ4n) is 5.52. The van der Waals surface area contributed by atoms with Gasteiger partial charge in [0.1, 0.15) is 16.8 Å². The first kappa shape index (κ1) is 35.7. The first-order valence-electron chi connectivity index (χ1n) is 17.1. The van der Waals surface area contributed by atoms with Crippen molar-refractivity contribution in [2.75, 3.05) is 10.3 Å². The highest BCUT2D eigenvalue weighted by molar-refractivity contribution is 8.01. The number of benzene rings is 4. The number of hydrazine groups is 1. The number of nitrogens with one attached hydrogen (secondary N) is 2. The average molecular weight is 677 g/mol. The van der Waals surface area contributed by atoms with Crippen molar-refractivity contribution in [3.63, 3.8) is 0 Å². The van der Waals surface area contributed by atoms with E-state index in [1.807, 2.05) is 97.9 Å². The molecule has 0 aromatic heterocycles. The highest BCUT2D eigenvalue weighted by atomic mass is 32.2. The number of carbonyl (C=O) groups excluding carboxylic acids is 2. The van der Waals surface area contributed by atoms with Gasteiger partial charge in [0, 0.05) is 16.1 Å². The molecule has 1 heterocycles. The average Bonchev–Trinajstić information content (AvgIpc) is 3.41. The van der Waals surface area contributed by atoms with E-state index < -0.39 is 11.4 Å². The molecule has 0 spiro atoms. The zero-order valence-corrected chi connectivity index (χ0v) is 30.4. The smallest absolute Gasteiger partial charge is 0.266 e. The third-order valence-electron chi connectivity index (χ3n) is 9.48. The van der Waals surface area contributed by atoms with Gasteiger partial charge < -0.3 is 10.1 Å². The van der Waals surface area contributed by atoms with Crippen molar-refractivity contribution in [2.45, 2.75) is 94.8 Å². The van der Waals surface area contributed by atoms with Gasteiger partial charge in [0.05, 0.1) is 11.4 Å². The van der Waals surface area contributed by atoms with E-state index in [4.69, 9.17) is 9.73 Å². The van der Waals surface area contributed by atoms with Gasteiger partial charge in [-0.1, -0.05) is 103 Å². The standard InChI is InChI=1S/C41H48N4O3S/c1-8-34(48-35-25-24-28(40(4,5)9-2)26-33(35)41(6,7)10-3)38(46)43-30-19-17-18-29(27-30)42-37-36(49-32-22-15-12-16-23-32)39(47)45(44-37)31-20-13-11-14-21-31/h11-27,34,36H,8-10H2,1-7H3,(H,42,44)(H,43,46)/t34-,36-/m0/s1. The summed E-state index contributed by atoms with van der Waals surface area (Å²) in [7, 11) is 0. The van der Waals surface area contributed by atoms with E-state index in [-0.39, 0.29) is 22.6 Å². The summed E-state index contributed by atoms with van der Waals surface area (Å²) in [5.74, 6) is 0.920. The number of thioether (sulfide) groups is 1. The molecule has 256 valence electrons. The fraction of sp³-hybridized carbons (Fsp3) is 0.341. The van der Waals surface area contributed by atoms with Crippen molar-refractivity contribution in [1.82, 2.24) is 5.43 Å². The van der Waals surface area contributed by atoms with Gasteiger partial charge in [-0.3, -0.25) is 15.0 Å². The first-order chi connectivity index (χ1) is 23.5. The summed E-state index contributed by atoms with van der Waals surface area (Å²) in [5.41, 5.74) is 7.47. The van der Waals surface area contributed by atoms with Gasteiger partial charge in [-0.2, -0.15) is 0 Å². The second-order valence-electron chi connectivity index (χ2n) is 13.7. The molecule has 2 atom stereocenters. The van der Waals surface area contributed by atoms with Crippen LogP contribution in [0.5, 0.6) is 5.75 Å². The van der Waals surface area contributed by atoms with Crippen molar-refractivity contribution in [3.8, 4) is 5.75 Å². The molecule has 8 heteroatoms. The zero-order chi connectivity index (χ0) is 35.2. The Labute approximate surface area is 295 Å². The van der Waals surface area contributed by atoms with Crippen molar-refractivity contribution >= 4 is 46.5 Å². The normalized spacial score (nSPS) is 16.4. The number of anilines is 2. The SMILES string of the molecule is CC[C@H](Oc1ccc(C(C)(C)CC)cc1C(C)(C)CC)C(=O)Nc1cccc(N=C2NN(c3ccccc3)C(=O)[C@H]2Sc2ccccc2)c1. The third kappa shape index (κ3) is 8.36. The van der Waals surface area contributed by atoms with Crippen molar-refractivity contribution < 1.29 is 14.3 Å². The molecule has 2 amide bonds. The van der Waals surface area contributed by atoms with Crippen LogP contribution in [0.3, 0.4) is 0 Å². The maximum Gasteiger partial charge on any atom is 0.266 e. The molecule has 4 aromatic carbocycles. The Morgan fingerprint density at radius 1 is 0.878 bits per heavy atom. The van der Waals surface area contributed by atoms with Crippen molar-refractivity contribution in [3.05, 3.63) is 114 Å². The van der Waals surface area contributed by atoms with Crippen LogP contribution >= 0.6 is 11.8 Å². The molecule has 0 bridgehead atoms. The largest absolute Gasteiger partial charge is 0.480 e. The Kier molecular flexibility index (Phi) is 11.2. The summed E-state index contributed by atoms with van der Waals surface area (Å²) < 4.78 is 6.50. The number of nitrogens with zero attached hydrogens (tertiary/aromatic N) is 2. The molecular formula is C41H48N4O3S. The maximum atomic E-state index is 13.7. The minimum absolute atomic E-state index is 0.0361. The lowest BCUT2D eigenvalue weighted by Gasteiger charge is -2.31. The van der Waals surface area contributed by atoms with Crippen LogP contribution in [0.1, 0.15) is 78.9 Å². The van der Waals surface area contributed by atoms with Gasteiger partial charge >= 0.3 is 0 Å². The Hall–Kier alpha value is -4.56. The Balaban J connectivity index is 1.38. The number of ether oxygens (including phenoxy) is 1. The van der Waals surface area contributed by atoms with Crippen LogP contribution < -0.4 is 20.5 Å². The van der Waals surface area contributed by atoms with E-state index in [1.165, 1.54) is 22.3 Å². The quantitative estimate of drug-likeness (QED) is 0.147. The summed E-state index contributed by atoms with van der Waals surface area (Å²) >= 11 is 1.44. The number of aliphatic imine (C=N–C) groups is 1. The molecular weight excluding hydrogens is 629 g/mol. The van der Waals surface area contributed by atoms with Gasteiger partial charge in [0.25, 0.3) is 11.8 Å². The molecule has 2 N–H and O–H groups in total. The number of hydrogen-bond donors (Lipinski definition) is 2. The van der Waals surface area contributed by atoms with Gasteiger partial charge in [-0.05, 0) is 84.2 Å². The fourth-order valence-corrected chi connectivity index (χ4v) is 6.53. The zero-order valence-electron chi connectivity index (χ0n) is 29.6. The van der Waals surface area contributed by atoms with Gasteiger partial charge in [-0.15, -0.1) is 11.8 Å². The summed E-state index contributed by atoms with van der Waals surface area (Å²) in [6.45, 7) is 15.3. The minimum atomic E-state index is -0.688. The number of para-hydroxylation sites is 1. The van der Waals surface area contributed by atoms with Crippen LogP contribution in [0.25, 0.3) is 0 Å². The lowest BCUT2D eigenvalue weighted by atomic mass is 9.76. The van der Waals surface area contributed by atoms with E-state index in [2.05, 4.69) is 64.4 Å². The van der Waals surface area contributed by atoms with Crippen LogP contribution in [-0.2, 0) is 20.4 Å². The molecule has 0 unspecified atom stereocenters. The lowest BCUT2D eigenvalue weighted by molar-refractivity contribution is -0.123. The predicted octanol–water partition coefficient (Wildman–Crippen LogP) is 9.60. The number of amidine groups is 1. The van der Waals surface area contributed by atoms with E-state index in [0.29, 0.717) is 23.6 Å². The summed E-state index contributed by atoms with van der Waals surface area (Å²) in [5, 5.41) is 4.02.